The molecule has 0 aromatic heterocycles. The lowest BCUT2D eigenvalue weighted by molar-refractivity contribution is 0.172. The summed E-state index contributed by atoms with van der Waals surface area (Å²) >= 11 is 0. The molecule has 0 aliphatic heterocycles. The molecule has 0 atom stereocenters. The van der Waals surface area contributed by atoms with Gasteiger partial charge in [-0.05, 0) is 33.6 Å². The SMILES string of the molecule is C=P(CC(C)C)(OC(C)C)OC(C)C. The third-order valence-corrected chi connectivity index (χ3v) is 4.35. The van der Waals surface area contributed by atoms with Crippen molar-refractivity contribution < 1.29 is 9.05 Å². The summed E-state index contributed by atoms with van der Waals surface area (Å²) in [5, 5.41) is 0. The second-order valence-electron chi connectivity index (χ2n) is 4.70. The lowest BCUT2D eigenvalue weighted by Crippen LogP contribution is -2.12. The molecule has 0 aromatic carbocycles. The summed E-state index contributed by atoms with van der Waals surface area (Å²) in [5.41, 5.74) is 0. The van der Waals surface area contributed by atoms with Crippen molar-refractivity contribution >= 4 is 13.6 Å². The second kappa shape index (κ2) is 5.95. The van der Waals surface area contributed by atoms with Crippen LogP contribution in [0.2, 0.25) is 0 Å². The topological polar surface area (TPSA) is 18.5 Å². The molecular formula is C11H25O2P. The van der Waals surface area contributed by atoms with E-state index >= 15 is 0 Å². The highest BCUT2D eigenvalue weighted by atomic mass is 31.2. The highest BCUT2D eigenvalue weighted by Crippen LogP contribution is 2.51. The molecule has 0 saturated heterocycles. The van der Waals surface area contributed by atoms with Crippen molar-refractivity contribution in [1.29, 1.82) is 0 Å². The second-order valence-corrected chi connectivity index (χ2v) is 7.12. The number of hydrogen-bond donors (Lipinski definition) is 0. The van der Waals surface area contributed by atoms with Gasteiger partial charge in [-0.15, -0.1) is 0 Å². The predicted octanol–water partition coefficient (Wildman–Crippen LogP) is 3.77. The summed E-state index contributed by atoms with van der Waals surface area (Å²) in [5.74, 6) is 0.568. The van der Waals surface area contributed by atoms with Gasteiger partial charge in [-0.3, -0.25) is 0 Å². The van der Waals surface area contributed by atoms with E-state index in [0.717, 1.165) is 6.16 Å². The zero-order valence-electron chi connectivity index (χ0n) is 10.4. The Bertz CT molecular complexity index is 164. The molecule has 0 aliphatic rings. The van der Waals surface area contributed by atoms with Gasteiger partial charge in [0.1, 0.15) is 7.34 Å². The molecule has 0 bridgehead atoms. The van der Waals surface area contributed by atoms with E-state index in [4.69, 9.17) is 9.05 Å². The molecule has 0 saturated carbocycles. The van der Waals surface area contributed by atoms with Gasteiger partial charge >= 0.3 is 0 Å². The quantitative estimate of drug-likeness (QED) is 0.634. The molecular weight excluding hydrogens is 195 g/mol. The van der Waals surface area contributed by atoms with E-state index < -0.39 is 7.34 Å². The minimum Gasteiger partial charge on any atom is -0.335 e. The molecule has 0 rings (SSSR count). The molecule has 0 N–H and O–H groups in total. The Morgan fingerprint density at radius 2 is 1.29 bits per heavy atom. The van der Waals surface area contributed by atoms with E-state index in [0.29, 0.717) is 5.92 Å². The minimum atomic E-state index is -1.89. The molecule has 0 fully saturated rings. The zero-order chi connectivity index (χ0) is 11.4. The van der Waals surface area contributed by atoms with Crippen LogP contribution in [-0.4, -0.2) is 24.7 Å². The van der Waals surface area contributed by atoms with E-state index in [9.17, 15) is 0 Å². The zero-order valence-corrected chi connectivity index (χ0v) is 11.3. The largest absolute Gasteiger partial charge is 0.335 e. The van der Waals surface area contributed by atoms with E-state index in [1.807, 2.05) is 27.7 Å². The predicted molar refractivity (Wildman–Crippen MR) is 66.2 cm³/mol. The lowest BCUT2D eigenvalue weighted by atomic mass is 10.3. The van der Waals surface area contributed by atoms with Crippen LogP contribution < -0.4 is 0 Å². The van der Waals surface area contributed by atoms with E-state index in [1.165, 1.54) is 0 Å². The maximum absolute atomic E-state index is 5.84. The van der Waals surface area contributed by atoms with Crippen molar-refractivity contribution in [1.82, 2.24) is 0 Å². The van der Waals surface area contributed by atoms with E-state index in [-0.39, 0.29) is 12.2 Å². The van der Waals surface area contributed by atoms with Gasteiger partial charge in [0.15, 0.2) is 0 Å². The Morgan fingerprint density at radius 3 is 1.50 bits per heavy atom. The fourth-order valence-electron chi connectivity index (χ4n) is 1.44. The molecule has 3 heteroatoms. The Balaban J connectivity index is 4.41. The van der Waals surface area contributed by atoms with Crippen LogP contribution in [-0.2, 0) is 9.05 Å². The summed E-state index contributed by atoms with van der Waals surface area (Å²) < 4.78 is 11.7. The summed E-state index contributed by atoms with van der Waals surface area (Å²) in [6, 6.07) is 0. The first-order valence-corrected chi connectivity index (χ1v) is 7.34. The maximum atomic E-state index is 5.84. The standard InChI is InChI=1S/C11H25O2P/c1-9(2)8-14(7,12-10(3)4)13-11(5)6/h9-11H,7-8H2,1-6H3. The first kappa shape index (κ1) is 14.2. The van der Waals surface area contributed by atoms with Crippen molar-refractivity contribution in [2.75, 3.05) is 6.16 Å². The van der Waals surface area contributed by atoms with Gasteiger partial charge < -0.3 is 9.05 Å². The first-order chi connectivity index (χ1) is 6.25. The fourth-order valence-corrected chi connectivity index (χ4v) is 4.31. The molecule has 14 heavy (non-hydrogen) atoms. The monoisotopic (exact) mass is 220 g/mol. The number of rotatable bonds is 6. The van der Waals surface area contributed by atoms with Gasteiger partial charge in [0.2, 0.25) is 0 Å². The van der Waals surface area contributed by atoms with Crippen LogP contribution >= 0.6 is 7.34 Å². The van der Waals surface area contributed by atoms with E-state index in [1.54, 1.807) is 0 Å². The van der Waals surface area contributed by atoms with Crippen molar-refractivity contribution in [2.45, 2.75) is 53.8 Å². The van der Waals surface area contributed by atoms with Crippen molar-refractivity contribution in [3.8, 4) is 0 Å². The lowest BCUT2D eigenvalue weighted by Gasteiger charge is -2.30. The summed E-state index contributed by atoms with van der Waals surface area (Å²) in [6.07, 6.45) is 5.48. The van der Waals surface area contributed by atoms with Crippen LogP contribution in [0.3, 0.4) is 0 Å². The van der Waals surface area contributed by atoms with Crippen LogP contribution in [0.25, 0.3) is 0 Å². The molecule has 0 heterocycles. The summed E-state index contributed by atoms with van der Waals surface area (Å²) in [4.78, 5) is 0. The van der Waals surface area contributed by atoms with Gasteiger partial charge in [0, 0.05) is 6.16 Å². The highest BCUT2D eigenvalue weighted by molar-refractivity contribution is 7.64. The molecule has 2 nitrogen and oxygen atoms in total. The van der Waals surface area contributed by atoms with Crippen LogP contribution in [0, 0.1) is 5.92 Å². The summed E-state index contributed by atoms with van der Waals surface area (Å²) in [7, 11) is -1.89. The van der Waals surface area contributed by atoms with Crippen LogP contribution in [0.1, 0.15) is 41.5 Å². The van der Waals surface area contributed by atoms with Crippen LogP contribution in [0.4, 0.5) is 0 Å². The average molecular weight is 220 g/mol. The minimum absolute atomic E-state index is 0.193. The molecule has 0 spiro atoms. The maximum Gasteiger partial charge on any atom is 0.118 e. The molecule has 86 valence electrons. The number of hydrogen-bond acceptors (Lipinski definition) is 2. The molecule has 0 radical (unpaired) electrons. The molecule has 0 unspecified atom stereocenters. The van der Waals surface area contributed by atoms with Gasteiger partial charge in [-0.25, -0.2) is 0 Å². The van der Waals surface area contributed by atoms with Gasteiger partial charge in [-0.2, -0.15) is 0 Å². The Morgan fingerprint density at radius 1 is 0.929 bits per heavy atom. The van der Waals surface area contributed by atoms with Crippen molar-refractivity contribution in [2.24, 2.45) is 5.92 Å². The highest BCUT2D eigenvalue weighted by Gasteiger charge is 2.20. The molecule has 0 aromatic rings. The Labute approximate surface area is 89.1 Å². The van der Waals surface area contributed by atoms with Gasteiger partial charge in [0.05, 0.1) is 12.2 Å². The van der Waals surface area contributed by atoms with Crippen LogP contribution in [0.5, 0.6) is 0 Å². The van der Waals surface area contributed by atoms with Crippen molar-refractivity contribution in [3.63, 3.8) is 0 Å². The first-order valence-electron chi connectivity index (χ1n) is 5.34. The molecule has 0 aliphatic carbocycles. The normalized spacial score (nSPS) is 13.2. The van der Waals surface area contributed by atoms with Crippen LogP contribution in [0.15, 0.2) is 0 Å². The smallest absolute Gasteiger partial charge is 0.118 e. The van der Waals surface area contributed by atoms with E-state index in [2.05, 4.69) is 20.1 Å². The van der Waals surface area contributed by atoms with Gasteiger partial charge in [-0.1, -0.05) is 20.1 Å². The average Bonchev–Trinajstić information content (AvgIpc) is 1.76. The fraction of sp³-hybridized carbons (Fsp3) is 0.909. The van der Waals surface area contributed by atoms with Crippen molar-refractivity contribution in [3.05, 3.63) is 0 Å². The summed E-state index contributed by atoms with van der Waals surface area (Å²) in [6.45, 7) is 12.5. The molecule has 0 amide bonds. The Hall–Kier alpha value is 0.220. The third kappa shape index (κ3) is 6.64. The van der Waals surface area contributed by atoms with Gasteiger partial charge in [0.25, 0.3) is 0 Å². The Kier molecular flexibility index (Phi) is 6.04. The third-order valence-electron chi connectivity index (χ3n) is 1.45.